The number of benzene rings is 1. The molecule has 1 aromatic carbocycles. The fourth-order valence-corrected chi connectivity index (χ4v) is 3.35. The topological polar surface area (TPSA) is 142 Å². The van der Waals surface area contributed by atoms with Gasteiger partial charge in [0.2, 0.25) is 0 Å². The van der Waals surface area contributed by atoms with Crippen LogP contribution in [0.5, 0.6) is 0 Å². The third-order valence-corrected chi connectivity index (χ3v) is 4.84. The maximum Gasteiger partial charge on any atom is 0.324 e. The number of hydrogen-bond donors (Lipinski definition) is 5. The van der Waals surface area contributed by atoms with Gasteiger partial charge in [-0.05, 0) is 30.7 Å². The van der Waals surface area contributed by atoms with E-state index in [1.54, 1.807) is 0 Å². The van der Waals surface area contributed by atoms with E-state index in [9.17, 15) is 25.2 Å². The molecule has 6 atom stereocenters. The summed E-state index contributed by atoms with van der Waals surface area (Å²) < 4.78 is 5.61. The van der Waals surface area contributed by atoms with E-state index < -0.39 is 43.1 Å². The maximum atomic E-state index is 11.2. The summed E-state index contributed by atoms with van der Waals surface area (Å²) in [5, 5.41) is 39.4. The molecule has 1 saturated heterocycles. The van der Waals surface area contributed by atoms with Gasteiger partial charge in [0.1, 0.15) is 24.4 Å². The Balaban J connectivity index is 2.08. The first-order valence-electron chi connectivity index (χ1n) is 8.73. The lowest BCUT2D eigenvalue weighted by molar-refractivity contribution is -0.231. The van der Waals surface area contributed by atoms with Crippen LogP contribution >= 0.6 is 0 Å². The van der Waals surface area contributed by atoms with Crippen LogP contribution in [-0.2, 0) is 14.4 Å². The van der Waals surface area contributed by atoms with Gasteiger partial charge in [0.25, 0.3) is 0 Å². The molecule has 146 valence electrons. The van der Waals surface area contributed by atoms with Gasteiger partial charge in [-0.2, -0.15) is 5.90 Å². The second-order valence-electron chi connectivity index (χ2n) is 6.59. The van der Waals surface area contributed by atoms with Crippen LogP contribution in [0.15, 0.2) is 30.3 Å². The number of carbonyl (C=O) groups excluding carboxylic acids is 1. The third kappa shape index (κ3) is 5.23. The molecule has 1 aliphatic rings. The number of hydrogen-bond acceptors (Lipinski definition) is 8. The lowest BCUT2D eigenvalue weighted by atomic mass is 9.84. The van der Waals surface area contributed by atoms with Crippen LogP contribution in [0.1, 0.15) is 37.2 Å². The molecule has 1 fully saturated rings. The summed E-state index contributed by atoms with van der Waals surface area (Å²) in [6, 6.07) is 9.56. The first-order chi connectivity index (χ1) is 12.5. The number of rotatable bonds is 8. The van der Waals surface area contributed by atoms with Crippen molar-refractivity contribution in [3.05, 3.63) is 35.9 Å². The molecule has 0 saturated carbocycles. The summed E-state index contributed by atoms with van der Waals surface area (Å²) >= 11 is 0. The van der Waals surface area contributed by atoms with Crippen molar-refractivity contribution in [2.45, 2.75) is 62.1 Å². The highest BCUT2D eigenvalue weighted by Crippen LogP contribution is 2.32. The highest BCUT2D eigenvalue weighted by atomic mass is 16.7. The van der Waals surface area contributed by atoms with E-state index in [1.807, 2.05) is 30.3 Å². The zero-order valence-corrected chi connectivity index (χ0v) is 14.5. The normalized spacial score (nSPS) is 30.0. The van der Waals surface area contributed by atoms with E-state index in [-0.39, 0.29) is 12.3 Å². The van der Waals surface area contributed by atoms with Gasteiger partial charge in [-0.3, -0.25) is 4.79 Å². The van der Waals surface area contributed by atoms with Crippen molar-refractivity contribution in [2.75, 3.05) is 6.61 Å². The van der Waals surface area contributed by atoms with Gasteiger partial charge in [0.15, 0.2) is 0 Å². The average Bonchev–Trinajstić information content (AvgIpc) is 2.67. The first-order valence-corrected chi connectivity index (χ1v) is 8.73. The molecule has 8 heteroatoms. The Bertz CT molecular complexity index is 554. The minimum atomic E-state index is -1.39. The lowest BCUT2D eigenvalue weighted by Crippen LogP contribution is -2.58. The highest BCUT2D eigenvalue weighted by Gasteiger charge is 2.43. The van der Waals surface area contributed by atoms with Crippen LogP contribution in [0, 0.1) is 0 Å². The summed E-state index contributed by atoms with van der Waals surface area (Å²) in [4.78, 5) is 15.4. The van der Waals surface area contributed by atoms with Crippen LogP contribution < -0.4 is 5.90 Å². The Kier molecular flexibility index (Phi) is 7.95. The van der Waals surface area contributed by atoms with Crippen LogP contribution in [-0.4, -0.2) is 63.5 Å². The van der Waals surface area contributed by atoms with Crippen LogP contribution in [0.3, 0.4) is 0 Å². The molecule has 0 radical (unpaired) electrons. The molecule has 8 nitrogen and oxygen atoms in total. The van der Waals surface area contributed by atoms with E-state index in [4.69, 9.17) is 10.6 Å². The Hall–Kier alpha value is -1.55. The maximum absolute atomic E-state index is 11.2. The van der Waals surface area contributed by atoms with Gasteiger partial charge in [-0.25, -0.2) is 0 Å². The molecule has 0 spiro atoms. The molecule has 1 aliphatic heterocycles. The molecule has 2 rings (SSSR count). The fraction of sp³-hybridized carbons (Fsp3) is 0.611. The van der Waals surface area contributed by atoms with Crippen LogP contribution in [0.4, 0.5) is 0 Å². The summed E-state index contributed by atoms with van der Waals surface area (Å²) in [5.41, 5.74) is 1.01. The van der Waals surface area contributed by atoms with Crippen molar-refractivity contribution in [1.82, 2.24) is 0 Å². The zero-order valence-electron chi connectivity index (χ0n) is 14.5. The number of aliphatic hydroxyl groups excluding tert-OH is 4. The molecule has 1 unspecified atom stereocenters. The zero-order chi connectivity index (χ0) is 19.1. The van der Waals surface area contributed by atoms with Crippen molar-refractivity contribution in [3.63, 3.8) is 0 Å². The molecule has 6 N–H and O–H groups in total. The summed E-state index contributed by atoms with van der Waals surface area (Å²) in [5.74, 6) is 4.30. The Morgan fingerprint density at radius 2 is 1.77 bits per heavy atom. The van der Waals surface area contributed by atoms with Gasteiger partial charge < -0.3 is 30.0 Å². The molecule has 1 heterocycles. The van der Waals surface area contributed by atoms with Crippen molar-refractivity contribution in [2.24, 2.45) is 5.90 Å². The van der Waals surface area contributed by atoms with Gasteiger partial charge in [0, 0.05) is 6.42 Å². The summed E-state index contributed by atoms with van der Waals surface area (Å²) in [6.07, 6.45) is -4.03. The molecule has 0 bridgehead atoms. The molecule has 26 heavy (non-hydrogen) atoms. The van der Waals surface area contributed by atoms with Crippen molar-refractivity contribution in [3.8, 4) is 0 Å². The van der Waals surface area contributed by atoms with E-state index in [0.29, 0.717) is 19.3 Å². The van der Waals surface area contributed by atoms with Gasteiger partial charge in [-0.1, -0.05) is 30.3 Å². The molecule has 1 aromatic rings. The minimum absolute atomic E-state index is 0.0526. The SMILES string of the molecule is NOC(=O)CCCC(C[C@H]1O[C@H](CO)[C@@H](O)[C@H](O)[C@H]1O)c1ccccc1. The Morgan fingerprint density at radius 1 is 1.12 bits per heavy atom. The smallest absolute Gasteiger partial charge is 0.324 e. The summed E-state index contributed by atoms with van der Waals surface area (Å²) in [6.45, 7) is -0.459. The molecule has 0 aliphatic carbocycles. The second kappa shape index (κ2) is 9.96. The summed E-state index contributed by atoms with van der Waals surface area (Å²) in [7, 11) is 0. The van der Waals surface area contributed by atoms with Crippen molar-refractivity contribution in [1.29, 1.82) is 0 Å². The van der Waals surface area contributed by atoms with Crippen LogP contribution in [0.25, 0.3) is 0 Å². The number of aliphatic hydroxyl groups is 4. The Labute approximate surface area is 152 Å². The molecular weight excluding hydrogens is 342 g/mol. The van der Waals surface area contributed by atoms with E-state index in [1.165, 1.54) is 0 Å². The average molecular weight is 369 g/mol. The third-order valence-electron chi connectivity index (χ3n) is 4.84. The lowest BCUT2D eigenvalue weighted by Gasteiger charge is -2.41. The van der Waals surface area contributed by atoms with E-state index in [0.717, 1.165) is 5.56 Å². The van der Waals surface area contributed by atoms with Crippen LogP contribution in [0.2, 0.25) is 0 Å². The molecule has 0 amide bonds. The first kappa shape index (κ1) is 20.8. The number of ether oxygens (including phenoxy) is 1. The van der Waals surface area contributed by atoms with Gasteiger partial charge >= 0.3 is 5.97 Å². The Morgan fingerprint density at radius 3 is 2.38 bits per heavy atom. The number of nitrogens with two attached hydrogens (primary N) is 1. The quantitative estimate of drug-likeness (QED) is 0.389. The fourth-order valence-electron chi connectivity index (χ4n) is 3.35. The minimum Gasteiger partial charge on any atom is -0.394 e. The van der Waals surface area contributed by atoms with Crippen molar-refractivity contribution < 1.29 is 34.8 Å². The van der Waals surface area contributed by atoms with Gasteiger partial charge in [-0.15, -0.1) is 0 Å². The highest BCUT2D eigenvalue weighted by molar-refractivity contribution is 5.68. The predicted octanol–water partition coefficient (Wildman–Crippen LogP) is -0.410. The number of carbonyl (C=O) groups is 1. The van der Waals surface area contributed by atoms with Gasteiger partial charge in [0.05, 0.1) is 12.7 Å². The van der Waals surface area contributed by atoms with E-state index >= 15 is 0 Å². The monoisotopic (exact) mass is 369 g/mol. The molecular formula is C18H27NO7. The molecule has 0 aromatic heterocycles. The second-order valence-corrected chi connectivity index (χ2v) is 6.59. The largest absolute Gasteiger partial charge is 0.394 e. The standard InChI is InChI=1S/C18H27NO7/c19-26-15(21)8-4-7-12(11-5-2-1-3-6-11)9-13-16(22)18(24)17(23)14(10-20)25-13/h1-3,5-6,12-14,16-18,20,22-24H,4,7-10,19H2/t12?,13-,14-,16+,17-,18-/m1/s1. The van der Waals surface area contributed by atoms with E-state index in [2.05, 4.69) is 4.84 Å². The predicted molar refractivity (Wildman–Crippen MR) is 91.7 cm³/mol. The van der Waals surface area contributed by atoms with Crippen molar-refractivity contribution >= 4 is 5.97 Å².